The number of hydrogen-bond donors (Lipinski definition) is 1. The summed E-state index contributed by atoms with van der Waals surface area (Å²) in [6.45, 7) is 1.91. The first-order valence-electron chi connectivity index (χ1n) is 9.08. The van der Waals surface area contributed by atoms with Crippen LogP contribution >= 0.6 is 0 Å². The number of para-hydroxylation sites is 2. The van der Waals surface area contributed by atoms with Crippen molar-refractivity contribution in [1.29, 1.82) is 0 Å². The van der Waals surface area contributed by atoms with Crippen LogP contribution in [-0.4, -0.2) is 25.2 Å². The number of benzene rings is 2. The van der Waals surface area contributed by atoms with Crippen LogP contribution in [0.1, 0.15) is 29.9 Å². The van der Waals surface area contributed by atoms with Crippen LogP contribution in [0, 0.1) is 11.8 Å². The summed E-state index contributed by atoms with van der Waals surface area (Å²) in [5, 5.41) is 3.45. The van der Waals surface area contributed by atoms with E-state index in [4.69, 9.17) is 9.47 Å². The molecule has 2 heterocycles. The van der Waals surface area contributed by atoms with E-state index in [0.29, 0.717) is 11.8 Å². The highest BCUT2D eigenvalue weighted by Gasteiger charge is 2.43. The molecule has 0 amide bonds. The summed E-state index contributed by atoms with van der Waals surface area (Å²) in [6.07, 6.45) is 2.35. The zero-order valence-electron chi connectivity index (χ0n) is 14.0. The highest BCUT2D eigenvalue weighted by atomic mass is 16.5. The van der Waals surface area contributed by atoms with E-state index in [2.05, 4.69) is 5.32 Å². The van der Waals surface area contributed by atoms with Gasteiger partial charge in [0.05, 0.1) is 0 Å². The lowest BCUT2D eigenvalue weighted by molar-refractivity contribution is -0.155. The molecule has 1 N–H and O–H groups in total. The Hall–Kier alpha value is -2.33. The van der Waals surface area contributed by atoms with Gasteiger partial charge in [-0.05, 0) is 25.0 Å². The molecule has 1 aliphatic carbocycles. The molecule has 5 rings (SSSR count). The second-order valence-electron chi connectivity index (χ2n) is 7.27. The first kappa shape index (κ1) is 15.0. The molecule has 1 saturated heterocycles. The Morgan fingerprint density at radius 3 is 2.08 bits per heavy atom. The third-order valence-electron chi connectivity index (χ3n) is 5.82. The quantitative estimate of drug-likeness (QED) is 0.854. The molecule has 2 bridgehead atoms. The lowest BCUT2D eigenvalue weighted by Gasteiger charge is -2.33. The number of fused-ring (bicyclic) bond motifs is 4. The second-order valence-corrected chi connectivity index (χ2v) is 7.27. The fourth-order valence-electron chi connectivity index (χ4n) is 4.59. The number of esters is 1. The smallest absolute Gasteiger partial charge is 0.318 e. The number of piperidine rings is 1. The molecule has 4 heteroatoms. The van der Waals surface area contributed by atoms with Crippen LogP contribution in [0.25, 0.3) is 0 Å². The molecule has 2 atom stereocenters. The van der Waals surface area contributed by atoms with Gasteiger partial charge in [0.1, 0.15) is 23.5 Å². The van der Waals surface area contributed by atoms with Gasteiger partial charge in [0.15, 0.2) is 0 Å². The van der Waals surface area contributed by atoms with Gasteiger partial charge in [-0.25, -0.2) is 0 Å². The average Bonchev–Trinajstić information content (AvgIpc) is 2.86. The largest absolute Gasteiger partial charge is 0.461 e. The van der Waals surface area contributed by atoms with Gasteiger partial charge in [0.25, 0.3) is 0 Å². The number of carbonyl (C=O) groups is 1. The summed E-state index contributed by atoms with van der Waals surface area (Å²) in [6, 6.07) is 15.5. The molecule has 2 fully saturated rings. The molecule has 128 valence electrons. The van der Waals surface area contributed by atoms with Crippen LogP contribution in [0.2, 0.25) is 0 Å². The Kier molecular flexibility index (Phi) is 3.52. The van der Waals surface area contributed by atoms with E-state index in [-0.39, 0.29) is 12.1 Å². The predicted molar refractivity (Wildman–Crippen MR) is 93.8 cm³/mol. The first-order valence-corrected chi connectivity index (χ1v) is 9.08. The Morgan fingerprint density at radius 2 is 1.48 bits per heavy atom. The predicted octanol–water partition coefficient (Wildman–Crippen LogP) is 3.47. The van der Waals surface area contributed by atoms with E-state index in [1.54, 1.807) is 0 Å². The molecular formula is C21H21NO3. The summed E-state index contributed by atoms with van der Waals surface area (Å²) in [7, 11) is 0. The lowest BCUT2D eigenvalue weighted by Crippen LogP contribution is -2.44. The minimum absolute atomic E-state index is 0.0518. The summed E-state index contributed by atoms with van der Waals surface area (Å²) < 4.78 is 12.1. The van der Waals surface area contributed by atoms with Crippen molar-refractivity contribution in [3.8, 4) is 11.5 Å². The van der Waals surface area contributed by atoms with Crippen LogP contribution in [0.5, 0.6) is 11.5 Å². The van der Waals surface area contributed by atoms with Crippen molar-refractivity contribution in [2.45, 2.75) is 24.9 Å². The third-order valence-corrected chi connectivity index (χ3v) is 5.82. The number of ether oxygens (including phenoxy) is 2. The standard InChI is InChI=1S/C21H21NO3/c23-21(25-20-13-9-10-14(20)12-22-11-13)19-15-5-1-3-7-17(15)24-18-8-4-2-6-16(18)19/h1-8,13-14,19-20,22H,9-12H2. The maximum atomic E-state index is 13.2. The Bertz CT molecular complexity index is 757. The highest BCUT2D eigenvalue weighted by molar-refractivity contribution is 5.85. The van der Waals surface area contributed by atoms with E-state index >= 15 is 0 Å². The highest BCUT2D eigenvalue weighted by Crippen LogP contribution is 2.45. The van der Waals surface area contributed by atoms with Gasteiger partial charge < -0.3 is 14.8 Å². The maximum absolute atomic E-state index is 13.2. The third kappa shape index (κ3) is 2.44. The van der Waals surface area contributed by atoms with Gasteiger partial charge >= 0.3 is 5.97 Å². The first-order chi connectivity index (χ1) is 12.3. The summed E-state index contributed by atoms with van der Waals surface area (Å²) >= 11 is 0. The molecule has 1 saturated carbocycles. The second kappa shape index (κ2) is 5.88. The van der Waals surface area contributed by atoms with Crippen LogP contribution in [-0.2, 0) is 9.53 Å². The van der Waals surface area contributed by atoms with Gasteiger partial charge in [-0.3, -0.25) is 4.79 Å². The molecule has 2 aromatic carbocycles. The van der Waals surface area contributed by atoms with Gasteiger partial charge in [-0.2, -0.15) is 0 Å². The Morgan fingerprint density at radius 1 is 0.920 bits per heavy atom. The fraction of sp³-hybridized carbons (Fsp3) is 0.381. The van der Waals surface area contributed by atoms with Crippen molar-refractivity contribution in [2.24, 2.45) is 11.8 Å². The minimum Gasteiger partial charge on any atom is -0.461 e. The summed E-state index contributed by atoms with van der Waals surface area (Å²) in [5.41, 5.74) is 1.79. The molecule has 0 spiro atoms. The van der Waals surface area contributed by atoms with Crippen molar-refractivity contribution >= 4 is 5.97 Å². The normalized spacial score (nSPS) is 27.1. The van der Waals surface area contributed by atoms with Gasteiger partial charge in [0, 0.05) is 36.1 Å². The number of nitrogens with one attached hydrogen (secondary N) is 1. The zero-order valence-corrected chi connectivity index (χ0v) is 14.0. The fourth-order valence-corrected chi connectivity index (χ4v) is 4.59. The summed E-state index contributed by atoms with van der Waals surface area (Å²) in [5.74, 6) is 1.84. The van der Waals surface area contributed by atoms with Crippen LogP contribution in [0.4, 0.5) is 0 Å². The topological polar surface area (TPSA) is 47.6 Å². The molecular weight excluding hydrogens is 314 g/mol. The van der Waals surface area contributed by atoms with E-state index < -0.39 is 5.92 Å². The monoisotopic (exact) mass is 335 g/mol. The van der Waals surface area contributed by atoms with E-state index in [0.717, 1.165) is 48.6 Å². The molecule has 0 radical (unpaired) electrons. The average molecular weight is 335 g/mol. The SMILES string of the molecule is O=C(OC1C2CCC1CNC2)C1c2ccccc2Oc2ccccc21. The van der Waals surface area contributed by atoms with Crippen molar-refractivity contribution in [2.75, 3.05) is 13.1 Å². The van der Waals surface area contributed by atoms with Gasteiger partial charge in [-0.15, -0.1) is 0 Å². The number of hydrogen-bond acceptors (Lipinski definition) is 4. The molecule has 0 aromatic heterocycles. The number of carbonyl (C=O) groups excluding carboxylic acids is 1. The van der Waals surface area contributed by atoms with Crippen LogP contribution in [0.15, 0.2) is 48.5 Å². The van der Waals surface area contributed by atoms with Crippen molar-refractivity contribution in [3.05, 3.63) is 59.7 Å². The minimum atomic E-state index is -0.407. The van der Waals surface area contributed by atoms with Crippen LogP contribution < -0.4 is 10.1 Å². The van der Waals surface area contributed by atoms with Crippen molar-refractivity contribution in [3.63, 3.8) is 0 Å². The number of rotatable bonds is 2. The van der Waals surface area contributed by atoms with E-state index in [1.807, 2.05) is 48.5 Å². The van der Waals surface area contributed by atoms with E-state index in [9.17, 15) is 4.79 Å². The zero-order chi connectivity index (χ0) is 16.8. The van der Waals surface area contributed by atoms with Crippen LogP contribution in [0.3, 0.4) is 0 Å². The molecule has 2 aromatic rings. The molecule has 4 nitrogen and oxygen atoms in total. The summed E-state index contributed by atoms with van der Waals surface area (Å²) in [4.78, 5) is 13.2. The molecule has 2 aliphatic heterocycles. The lowest BCUT2D eigenvalue weighted by atomic mass is 9.87. The van der Waals surface area contributed by atoms with Gasteiger partial charge in [-0.1, -0.05) is 36.4 Å². The van der Waals surface area contributed by atoms with Gasteiger partial charge in [0.2, 0.25) is 0 Å². The Balaban J connectivity index is 1.49. The van der Waals surface area contributed by atoms with Crippen molar-refractivity contribution in [1.82, 2.24) is 5.32 Å². The molecule has 3 aliphatic rings. The molecule has 25 heavy (non-hydrogen) atoms. The Labute approximate surface area is 147 Å². The molecule has 2 unspecified atom stereocenters. The van der Waals surface area contributed by atoms with Crippen molar-refractivity contribution < 1.29 is 14.3 Å². The maximum Gasteiger partial charge on any atom is 0.318 e. The van der Waals surface area contributed by atoms with E-state index in [1.165, 1.54) is 0 Å².